The molecule has 0 radical (unpaired) electrons. The van der Waals surface area contributed by atoms with Crippen LogP contribution in [0, 0.1) is 0 Å². The molecule has 92 valence electrons. The predicted octanol–water partition coefficient (Wildman–Crippen LogP) is 1.14. The third-order valence-corrected chi connectivity index (χ3v) is 3.79. The van der Waals surface area contributed by atoms with Crippen LogP contribution in [0.2, 0.25) is 0 Å². The van der Waals surface area contributed by atoms with Crippen LogP contribution < -0.4 is 0 Å². The van der Waals surface area contributed by atoms with Gasteiger partial charge in [-0.15, -0.1) is 0 Å². The number of carbonyl (C=O) groups excluding carboxylic acids is 1. The van der Waals surface area contributed by atoms with Gasteiger partial charge in [-0.25, -0.2) is 8.42 Å². The van der Waals surface area contributed by atoms with Crippen LogP contribution in [0.4, 0.5) is 0 Å². The van der Waals surface area contributed by atoms with Gasteiger partial charge in [0.15, 0.2) is 21.4 Å². The minimum Gasteiger partial charge on any atom is -0.480 e. The van der Waals surface area contributed by atoms with Crippen molar-refractivity contribution in [3.8, 4) is 0 Å². The fourth-order valence-electron chi connectivity index (χ4n) is 1.30. The molecule has 0 heterocycles. The summed E-state index contributed by atoms with van der Waals surface area (Å²) < 4.78 is 23.1. The molecular formula is C11H12O5S. The summed E-state index contributed by atoms with van der Waals surface area (Å²) in [6.45, 7) is 1.71. The summed E-state index contributed by atoms with van der Waals surface area (Å²) >= 11 is 0. The Labute approximate surface area is 99.0 Å². The molecule has 0 aliphatic carbocycles. The molecule has 1 aromatic rings. The zero-order valence-electron chi connectivity index (χ0n) is 9.21. The molecule has 0 saturated carbocycles. The molecule has 0 saturated heterocycles. The topological polar surface area (TPSA) is 88.5 Å². The van der Waals surface area contributed by atoms with E-state index in [1.54, 1.807) is 6.92 Å². The number of aliphatic carboxylic acids is 1. The van der Waals surface area contributed by atoms with Gasteiger partial charge >= 0.3 is 5.97 Å². The summed E-state index contributed by atoms with van der Waals surface area (Å²) in [6, 6.07) is 5.28. The summed E-state index contributed by atoms with van der Waals surface area (Å²) in [5.74, 6) is -2.44. The highest BCUT2D eigenvalue weighted by atomic mass is 32.2. The molecule has 1 N–H and O–H groups in total. The van der Waals surface area contributed by atoms with Gasteiger partial charge in [0.25, 0.3) is 0 Å². The Bertz CT molecular complexity index is 527. The molecule has 1 aromatic carbocycles. The van der Waals surface area contributed by atoms with Crippen molar-refractivity contribution in [1.29, 1.82) is 0 Å². The maximum atomic E-state index is 11.5. The van der Waals surface area contributed by atoms with E-state index in [-0.39, 0.29) is 10.7 Å². The molecule has 6 heteroatoms. The second-order valence-corrected chi connectivity index (χ2v) is 5.44. The molecule has 0 spiro atoms. The van der Waals surface area contributed by atoms with E-state index in [0.29, 0.717) is 12.0 Å². The lowest BCUT2D eigenvalue weighted by Crippen LogP contribution is -2.15. The first kappa shape index (κ1) is 13.4. The lowest BCUT2D eigenvalue weighted by Gasteiger charge is -2.02. The first-order valence-corrected chi connectivity index (χ1v) is 6.60. The van der Waals surface area contributed by atoms with Crippen molar-refractivity contribution >= 4 is 21.6 Å². The van der Waals surface area contributed by atoms with Gasteiger partial charge in [-0.3, -0.25) is 9.59 Å². The van der Waals surface area contributed by atoms with Gasteiger partial charge in [0.2, 0.25) is 0 Å². The van der Waals surface area contributed by atoms with Gasteiger partial charge in [0, 0.05) is 12.0 Å². The van der Waals surface area contributed by atoms with E-state index < -0.39 is 21.6 Å². The normalized spacial score (nSPS) is 11.1. The molecule has 0 aliphatic rings. The van der Waals surface area contributed by atoms with Gasteiger partial charge in [0.1, 0.15) is 0 Å². The Morgan fingerprint density at radius 1 is 1.18 bits per heavy atom. The van der Waals surface area contributed by atoms with Crippen molar-refractivity contribution < 1.29 is 23.1 Å². The minimum absolute atomic E-state index is 0.0902. The SMILES string of the molecule is CCC(=O)c1ccc(S(=O)(=O)CC(=O)O)cc1. The smallest absolute Gasteiger partial charge is 0.319 e. The quantitative estimate of drug-likeness (QED) is 0.798. The Kier molecular flexibility index (Phi) is 4.01. The van der Waals surface area contributed by atoms with E-state index in [4.69, 9.17) is 5.11 Å². The number of Topliss-reactive ketones (excluding diaryl/α,β-unsaturated/α-hetero) is 1. The van der Waals surface area contributed by atoms with E-state index in [0.717, 1.165) is 0 Å². The minimum atomic E-state index is -3.82. The van der Waals surface area contributed by atoms with Crippen LogP contribution in [0.3, 0.4) is 0 Å². The highest BCUT2D eigenvalue weighted by molar-refractivity contribution is 7.92. The van der Waals surface area contributed by atoms with Crippen molar-refractivity contribution in [2.45, 2.75) is 18.2 Å². The fraction of sp³-hybridized carbons (Fsp3) is 0.273. The first-order chi connectivity index (χ1) is 7.86. The highest BCUT2D eigenvalue weighted by Crippen LogP contribution is 2.13. The average molecular weight is 256 g/mol. The predicted molar refractivity (Wildman–Crippen MR) is 60.8 cm³/mol. The molecule has 1 rings (SSSR count). The highest BCUT2D eigenvalue weighted by Gasteiger charge is 2.18. The van der Waals surface area contributed by atoms with Crippen molar-refractivity contribution in [3.05, 3.63) is 29.8 Å². The summed E-state index contributed by atoms with van der Waals surface area (Å²) in [4.78, 5) is 21.6. The third-order valence-electron chi connectivity index (χ3n) is 2.17. The summed E-state index contributed by atoms with van der Waals surface area (Å²) in [5, 5.41) is 8.46. The molecule has 0 amide bonds. The first-order valence-electron chi connectivity index (χ1n) is 4.94. The Morgan fingerprint density at radius 2 is 1.71 bits per heavy atom. The Balaban J connectivity index is 3.03. The van der Waals surface area contributed by atoms with E-state index in [1.807, 2.05) is 0 Å². The molecule has 0 atom stereocenters. The summed E-state index contributed by atoms with van der Waals surface area (Å²) in [7, 11) is -3.82. The number of rotatable bonds is 5. The number of carboxylic acid groups (broad SMARTS) is 1. The monoisotopic (exact) mass is 256 g/mol. The van der Waals surface area contributed by atoms with Crippen LogP contribution in [0.15, 0.2) is 29.2 Å². The second-order valence-electron chi connectivity index (χ2n) is 3.45. The number of hydrogen-bond donors (Lipinski definition) is 1. The molecule has 17 heavy (non-hydrogen) atoms. The van der Waals surface area contributed by atoms with Crippen LogP contribution in [-0.2, 0) is 14.6 Å². The van der Waals surface area contributed by atoms with E-state index in [1.165, 1.54) is 24.3 Å². The van der Waals surface area contributed by atoms with Crippen LogP contribution in [0.1, 0.15) is 23.7 Å². The molecular weight excluding hydrogens is 244 g/mol. The van der Waals surface area contributed by atoms with Crippen LogP contribution >= 0.6 is 0 Å². The lowest BCUT2D eigenvalue weighted by molar-refractivity contribution is -0.134. The van der Waals surface area contributed by atoms with E-state index in [2.05, 4.69) is 0 Å². The Hall–Kier alpha value is -1.69. The molecule has 0 aromatic heterocycles. The zero-order valence-corrected chi connectivity index (χ0v) is 10.0. The lowest BCUT2D eigenvalue weighted by atomic mass is 10.1. The molecule has 0 bridgehead atoms. The molecule has 0 fully saturated rings. The van der Waals surface area contributed by atoms with Gasteiger partial charge in [-0.05, 0) is 12.1 Å². The molecule has 0 unspecified atom stereocenters. The largest absolute Gasteiger partial charge is 0.480 e. The van der Waals surface area contributed by atoms with Gasteiger partial charge in [-0.1, -0.05) is 19.1 Å². The second kappa shape index (κ2) is 5.09. The van der Waals surface area contributed by atoms with Crippen molar-refractivity contribution in [2.24, 2.45) is 0 Å². The van der Waals surface area contributed by atoms with Crippen LogP contribution in [0.5, 0.6) is 0 Å². The number of benzene rings is 1. The number of hydrogen-bond acceptors (Lipinski definition) is 4. The van der Waals surface area contributed by atoms with E-state index >= 15 is 0 Å². The number of carbonyl (C=O) groups is 2. The van der Waals surface area contributed by atoms with Gasteiger partial charge in [0.05, 0.1) is 4.90 Å². The molecule has 0 aliphatic heterocycles. The summed E-state index contributed by atoms with van der Waals surface area (Å²) in [6.07, 6.45) is 0.335. The van der Waals surface area contributed by atoms with Gasteiger partial charge < -0.3 is 5.11 Å². The average Bonchev–Trinajstić information content (AvgIpc) is 2.26. The zero-order chi connectivity index (χ0) is 13.1. The third kappa shape index (κ3) is 3.39. The standard InChI is InChI=1S/C11H12O5S/c1-2-10(12)8-3-5-9(6-4-8)17(15,16)7-11(13)14/h3-6H,2,7H2,1H3,(H,13,14). The van der Waals surface area contributed by atoms with E-state index in [9.17, 15) is 18.0 Å². The van der Waals surface area contributed by atoms with Crippen LogP contribution in [0.25, 0.3) is 0 Å². The number of sulfone groups is 1. The number of ketones is 1. The van der Waals surface area contributed by atoms with Crippen molar-refractivity contribution in [1.82, 2.24) is 0 Å². The molecule has 5 nitrogen and oxygen atoms in total. The van der Waals surface area contributed by atoms with Crippen molar-refractivity contribution in [2.75, 3.05) is 5.75 Å². The van der Waals surface area contributed by atoms with Gasteiger partial charge in [-0.2, -0.15) is 0 Å². The summed E-state index contributed by atoms with van der Waals surface area (Å²) in [5.41, 5.74) is 0.418. The number of carboxylic acids is 1. The van der Waals surface area contributed by atoms with Crippen molar-refractivity contribution in [3.63, 3.8) is 0 Å². The Morgan fingerprint density at radius 3 is 2.12 bits per heavy atom. The maximum Gasteiger partial charge on any atom is 0.319 e. The van der Waals surface area contributed by atoms with Crippen LogP contribution in [-0.4, -0.2) is 31.0 Å². The maximum absolute atomic E-state index is 11.5. The fourth-order valence-corrected chi connectivity index (χ4v) is 2.34.